The normalized spacial score (nSPS) is 16.2. The van der Waals surface area contributed by atoms with E-state index >= 15 is 0 Å². The van der Waals surface area contributed by atoms with Crippen molar-refractivity contribution in [3.05, 3.63) is 35.9 Å². The van der Waals surface area contributed by atoms with Gasteiger partial charge in [-0.05, 0) is 29.7 Å². The molecule has 0 aliphatic heterocycles. The molecule has 0 saturated heterocycles. The summed E-state index contributed by atoms with van der Waals surface area (Å²) in [5.74, 6) is 0. The first-order chi connectivity index (χ1) is 8.59. The van der Waals surface area contributed by atoms with Gasteiger partial charge in [-0.3, -0.25) is 0 Å². The van der Waals surface area contributed by atoms with E-state index in [0.29, 0.717) is 17.5 Å². The van der Waals surface area contributed by atoms with Gasteiger partial charge in [-0.1, -0.05) is 71.9 Å². The second-order valence-corrected chi connectivity index (χ2v) is 7.98. The molecule has 0 spiro atoms. The molecule has 19 heavy (non-hydrogen) atoms. The van der Waals surface area contributed by atoms with Crippen molar-refractivity contribution in [1.82, 2.24) is 5.32 Å². The van der Waals surface area contributed by atoms with Crippen molar-refractivity contribution in [2.45, 2.75) is 67.0 Å². The molecule has 0 aliphatic rings. The van der Waals surface area contributed by atoms with Crippen LogP contribution in [0.2, 0.25) is 0 Å². The van der Waals surface area contributed by atoms with Gasteiger partial charge in [0, 0.05) is 12.1 Å². The maximum atomic E-state index is 3.83. The van der Waals surface area contributed by atoms with Crippen LogP contribution in [0.25, 0.3) is 0 Å². The number of rotatable bonds is 4. The summed E-state index contributed by atoms with van der Waals surface area (Å²) in [7, 11) is 0. The second kappa shape index (κ2) is 6.09. The first-order valence-electron chi connectivity index (χ1n) is 7.40. The lowest BCUT2D eigenvalue weighted by atomic mass is 9.82. The largest absolute Gasteiger partial charge is 0.307 e. The molecule has 1 nitrogen and oxygen atoms in total. The highest BCUT2D eigenvalue weighted by molar-refractivity contribution is 5.19. The molecule has 0 amide bonds. The fraction of sp³-hybridized carbons (Fsp3) is 0.667. The number of hydrogen-bond acceptors (Lipinski definition) is 1. The molecule has 0 radical (unpaired) electrons. The Balaban J connectivity index is 2.88. The van der Waals surface area contributed by atoms with Crippen LogP contribution in [0.4, 0.5) is 0 Å². The molecule has 1 heteroatoms. The van der Waals surface area contributed by atoms with Gasteiger partial charge in [0.25, 0.3) is 0 Å². The van der Waals surface area contributed by atoms with Crippen molar-refractivity contribution in [3.8, 4) is 0 Å². The third kappa shape index (κ3) is 5.78. The van der Waals surface area contributed by atoms with Gasteiger partial charge in [-0.15, -0.1) is 0 Å². The Labute approximate surface area is 119 Å². The van der Waals surface area contributed by atoms with Crippen LogP contribution in [0, 0.1) is 10.8 Å². The molecule has 2 atom stereocenters. The topological polar surface area (TPSA) is 12.0 Å². The van der Waals surface area contributed by atoms with Crippen molar-refractivity contribution in [1.29, 1.82) is 0 Å². The number of hydrogen-bond donors (Lipinski definition) is 1. The first kappa shape index (κ1) is 16.2. The highest BCUT2D eigenvalue weighted by Gasteiger charge is 2.26. The summed E-state index contributed by atoms with van der Waals surface area (Å²) in [6.07, 6.45) is 1.15. The minimum absolute atomic E-state index is 0.283. The summed E-state index contributed by atoms with van der Waals surface area (Å²) in [6, 6.07) is 11.7. The SMILES string of the molecule is CC(NC(CC(C)(C)C)c1ccccc1)C(C)(C)C. The minimum Gasteiger partial charge on any atom is -0.307 e. The van der Waals surface area contributed by atoms with Crippen LogP contribution in [0.15, 0.2) is 30.3 Å². The Kier molecular flexibility index (Phi) is 5.20. The number of nitrogens with one attached hydrogen (secondary N) is 1. The maximum absolute atomic E-state index is 3.83. The molecule has 1 aromatic rings. The van der Waals surface area contributed by atoms with E-state index in [1.807, 2.05) is 0 Å². The highest BCUT2D eigenvalue weighted by atomic mass is 15.0. The van der Waals surface area contributed by atoms with Crippen molar-refractivity contribution in [3.63, 3.8) is 0 Å². The fourth-order valence-electron chi connectivity index (χ4n) is 2.12. The molecule has 2 unspecified atom stereocenters. The van der Waals surface area contributed by atoms with Crippen LogP contribution in [-0.2, 0) is 0 Å². The average molecular weight is 261 g/mol. The van der Waals surface area contributed by atoms with Crippen LogP contribution in [0.3, 0.4) is 0 Å². The predicted octanol–water partition coefficient (Wildman–Crippen LogP) is 5.19. The molecule has 0 heterocycles. The summed E-state index contributed by atoms with van der Waals surface area (Å²) in [5.41, 5.74) is 2.00. The molecule has 0 aliphatic carbocycles. The average Bonchev–Trinajstić information content (AvgIpc) is 2.26. The Morgan fingerprint density at radius 2 is 1.47 bits per heavy atom. The van der Waals surface area contributed by atoms with Crippen LogP contribution < -0.4 is 5.32 Å². The zero-order chi connectivity index (χ0) is 14.7. The van der Waals surface area contributed by atoms with E-state index in [1.165, 1.54) is 5.56 Å². The summed E-state index contributed by atoms with van der Waals surface area (Å²) in [4.78, 5) is 0. The summed E-state index contributed by atoms with van der Waals surface area (Å²) >= 11 is 0. The van der Waals surface area contributed by atoms with Gasteiger partial charge in [0.1, 0.15) is 0 Å². The van der Waals surface area contributed by atoms with Gasteiger partial charge in [0.05, 0.1) is 0 Å². The highest BCUT2D eigenvalue weighted by Crippen LogP contribution is 2.31. The van der Waals surface area contributed by atoms with Gasteiger partial charge in [0.2, 0.25) is 0 Å². The van der Waals surface area contributed by atoms with E-state index in [2.05, 4.69) is 84.1 Å². The van der Waals surface area contributed by atoms with E-state index in [9.17, 15) is 0 Å². The third-order valence-electron chi connectivity index (χ3n) is 3.77. The molecule has 1 aromatic carbocycles. The van der Waals surface area contributed by atoms with Crippen molar-refractivity contribution >= 4 is 0 Å². The first-order valence-corrected chi connectivity index (χ1v) is 7.40. The Morgan fingerprint density at radius 3 is 1.89 bits per heavy atom. The van der Waals surface area contributed by atoms with Gasteiger partial charge in [0.15, 0.2) is 0 Å². The van der Waals surface area contributed by atoms with Gasteiger partial charge < -0.3 is 5.32 Å². The quantitative estimate of drug-likeness (QED) is 0.786. The Bertz CT molecular complexity index is 367. The Morgan fingerprint density at radius 1 is 0.947 bits per heavy atom. The molecule has 0 aromatic heterocycles. The van der Waals surface area contributed by atoms with E-state index in [4.69, 9.17) is 0 Å². The fourth-order valence-corrected chi connectivity index (χ4v) is 2.12. The molecule has 0 saturated carbocycles. The predicted molar refractivity (Wildman–Crippen MR) is 85.3 cm³/mol. The van der Waals surface area contributed by atoms with E-state index in [0.717, 1.165) is 6.42 Å². The molecule has 1 rings (SSSR count). The Hall–Kier alpha value is -0.820. The lowest BCUT2D eigenvalue weighted by molar-refractivity contribution is 0.228. The van der Waals surface area contributed by atoms with Crippen LogP contribution in [0.5, 0.6) is 0 Å². The zero-order valence-corrected chi connectivity index (χ0v) is 13.7. The molecule has 0 bridgehead atoms. The molecule has 0 fully saturated rings. The zero-order valence-electron chi connectivity index (χ0n) is 13.7. The summed E-state index contributed by atoms with van der Waals surface area (Å²) in [5, 5.41) is 3.83. The smallest absolute Gasteiger partial charge is 0.0327 e. The van der Waals surface area contributed by atoms with E-state index < -0.39 is 0 Å². The lowest BCUT2D eigenvalue weighted by Crippen LogP contribution is -2.41. The third-order valence-corrected chi connectivity index (χ3v) is 3.77. The monoisotopic (exact) mass is 261 g/mol. The van der Waals surface area contributed by atoms with Gasteiger partial charge >= 0.3 is 0 Å². The molecular weight excluding hydrogens is 230 g/mol. The standard InChI is InChI=1S/C18H31N/c1-14(18(5,6)7)19-16(13-17(2,3)4)15-11-9-8-10-12-15/h8-12,14,16,19H,13H2,1-7H3. The number of benzene rings is 1. The lowest BCUT2D eigenvalue weighted by Gasteiger charge is -2.35. The second-order valence-electron chi connectivity index (χ2n) is 7.98. The van der Waals surface area contributed by atoms with E-state index in [1.54, 1.807) is 0 Å². The summed E-state index contributed by atoms with van der Waals surface area (Å²) in [6.45, 7) is 16.1. The van der Waals surface area contributed by atoms with Crippen LogP contribution >= 0.6 is 0 Å². The van der Waals surface area contributed by atoms with Crippen molar-refractivity contribution in [2.75, 3.05) is 0 Å². The molecule has 108 valence electrons. The van der Waals surface area contributed by atoms with Gasteiger partial charge in [-0.2, -0.15) is 0 Å². The molecule has 1 N–H and O–H groups in total. The minimum atomic E-state index is 0.283. The summed E-state index contributed by atoms with van der Waals surface area (Å²) < 4.78 is 0. The van der Waals surface area contributed by atoms with Crippen molar-refractivity contribution in [2.24, 2.45) is 10.8 Å². The van der Waals surface area contributed by atoms with Crippen molar-refractivity contribution < 1.29 is 0 Å². The molecular formula is C18H31N. The van der Waals surface area contributed by atoms with Crippen LogP contribution in [0.1, 0.15) is 66.5 Å². The van der Waals surface area contributed by atoms with E-state index in [-0.39, 0.29) is 5.41 Å². The van der Waals surface area contributed by atoms with Gasteiger partial charge in [-0.25, -0.2) is 0 Å². The van der Waals surface area contributed by atoms with Crippen LogP contribution in [-0.4, -0.2) is 6.04 Å². The maximum Gasteiger partial charge on any atom is 0.0327 e.